The number of nitrogens with zero attached hydrogens (tertiary/aromatic N) is 1. The summed E-state index contributed by atoms with van der Waals surface area (Å²) < 4.78 is 12.7. The molecule has 16 heavy (non-hydrogen) atoms. The fourth-order valence-corrected chi connectivity index (χ4v) is 2.26. The molecule has 3 nitrogen and oxygen atoms in total. The van der Waals surface area contributed by atoms with Crippen LogP contribution in [0.2, 0.25) is 0 Å². The van der Waals surface area contributed by atoms with Crippen LogP contribution in [0.15, 0.2) is 24.3 Å². The van der Waals surface area contributed by atoms with Crippen molar-refractivity contribution in [2.24, 2.45) is 5.73 Å². The van der Waals surface area contributed by atoms with Gasteiger partial charge in [0.1, 0.15) is 15.7 Å². The molecule has 1 aromatic carbocycles. The minimum atomic E-state index is -0.483. The van der Waals surface area contributed by atoms with E-state index in [1.165, 1.54) is 23.5 Å². The standard InChI is InChI=1S/C11H9FN2OS/c1-6-9(10(13)15)16-11(14-6)7-2-4-8(12)5-3-7/h2-5H,1H3,(H2,13,15). The van der Waals surface area contributed by atoms with Gasteiger partial charge in [0.15, 0.2) is 0 Å². The van der Waals surface area contributed by atoms with Crippen molar-refractivity contribution in [1.29, 1.82) is 0 Å². The molecule has 5 heteroatoms. The zero-order valence-electron chi connectivity index (χ0n) is 8.53. The zero-order valence-corrected chi connectivity index (χ0v) is 9.34. The van der Waals surface area contributed by atoms with Gasteiger partial charge in [-0.05, 0) is 31.2 Å². The Kier molecular flexibility index (Phi) is 2.70. The Morgan fingerprint density at radius 3 is 2.50 bits per heavy atom. The number of halogens is 1. The number of nitrogens with two attached hydrogens (primary N) is 1. The molecule has 0 spiro atoms. The highest BCUT2D eigenvalue weighted by atomic mass is 32.1. The van der Waals surface area contributed by atoms with Crippen LogP contribution in [0.25, 0.3) is 10.6 Å². The smallest absolute Gasteiger partial charge is 0.260 e. The van der Waals surface area contributed by atoms with Crippen LogP contribution >= 0.6 is 11.3 Å². The first kappa shape index (κ1) is 10.8. The molecule has 0 aliphatic carbocycles. The second-order valence-electron chi connectivity index (χ2n) is 3.30. The number of hydrogen-bond donors (Lipinski definition) is 1. The Labute approximate surface area is 95.7 Å². The topological polar surface area (TPSA) is 56.0 Å². The van der Waals surface area contributed by atoms with Crippen LogP contribution in [0.3, 0.4) is 0 Å². The normalized spacial score (nSPS) is 10.4. The van der Waals surface area contributed by atoms with E-state index in [-0.39, 0.29) is 5.82 Å². The number of thiazole rings is 1. The van der Waals surface area contributed by atoms with Gasteiger partial charge in [-0.15, -0.1) is 11.3 Å². The summed E-state index contributed by atoms with van der Waals surface area (Å²) in [6, 6.07) is 5.96. The van der Waals surface area contributed by atoms with Crippen LogP contribution in [0, 0.1) is 12.7 Å². The summed E-state index contributed by atoms with van der Waals surface area (Å²) in [7, 11) is 0. The maximum Gasteiger partial charge on any atom is 0.260 e. The molecule has 0 aliphatic heterocycles. The third-order valence-electron chi connectivity index (χ3n) is 2.11. The third kappa shape index (κ3) is 1.94. The second kappa shape index (κ2) is 4.02. The van der Waals surface area contributed by atoms with E-state index in [0.29, 0.717) is 15.6 Å². The summed E-state index contributed by atoms with van der Waals surface area (Å²) >= 11 is 1.22. The van der Waals surface area contributed by atoms with E-state index < -0.39 is 5.91 Å². The van der Waals surface area contributed by atoms with Crippen molar-refractivity contribution >= 4 is 17.2 Å². The molecule has 0 unspecified atom stereocenters. The average molecular weight is 236 g/mol. The lowest BCUT2D eigenvalue weighted by Crippen LogP contribution is -2.09. The molecule has 0 atom stereocenters. The quantitative estimate of drug-likeness (QED) is 0.870. The van der Waals surface area contributed by atoms with Crippen LogP contribution in [0.4, 0.5) is 4.39 Å². The molecule has 2 aromatic rings. The van der Waals surface area contributed by atoms with Gasteiger partial charge in [0.05, 0.1) is 5.69 Å². The first-order chi connectivity index (χ1) is 7.58. The van der Waals surface area contributed by atoms with E-state index in [2.05, 4.69) is 4.98 Å². The van der Waals surface area contributed by atoms with Crippen molar-refractivity contribution in [3.8, 4) is 10.6 Å². The van der Waals surface area contributed by atoms with Crippen molar-refractivity contribution in [3.05, 3.63) is 40.7 Å². The van der Waals surface area contributed by atoms with Gasteiger partial charge in [-0.3, -0.25) is 4.79 Å². The second-order valence-corrected chi connectivity index (χ2v) is 4.30. The Balaban J connectivity index is 2.45. The lowest BCUT2D eigenvalue weighted by atomic mass is 10.2. The van der Waals surface area contributed by atoms with Crippen LogP contribution < -0.4 is 5.73 Å². The van der Waals surface area contributed by atoms with Gasteiger partial charge < -0.3 is 5.73 Å². The Bertz CT molecular complexity index is 533. The zero-order chi connectivity index (χ0) is 11.7. The van der Waals surface area contributed by atoms with Gasteiger partial charge in [-0.1, -0.05) is 0 Å². The molecular formula is C11H9FN2OS. The van der Waals surface area contributed by atoms with E-state index in [0.717, 1.165) is 5.56 Å². The number of benzene rings is 1. The highest BCUT2D eigenvalue weighted by molar-refractivity contribution is 7.17. The van der Waals surface area contributed by atoms with Crippen molar-refractivity contribution < 1.29 is 9.18 Å². The molecule has 0 saturated heterocycles. The minimum absolute atomic E-state index is 0.299. The first-order valence-electron chi connectivity index (χ1n) is 4.61. The van der Waals surface area contributed by atoms with E-state index in [9.17, 15) is 9.18 Å². The van der Waals surface area contributed by atoms with Crippen molar-refractivity contribution in [2.45, 2.75) is 6.92 Å². The highest BCUT2D eigenvalue weighted by Crippen LogP contribution is 2.27. The van der Waals surface area contributed by atoms with Crippen LogP contribution in [0.1, 0.15) is 15.4 Å². The van der Waals surface area contributed by atoms with Gasteiger partial charge in [0, 0.05) is 5.56 Å². The van der Waals surface area contributed by atoms with Crippen molar-refractivity contribution in [1.82, 2.24) is 4.98 Å². The Morgan fingerprint density at radius 2 is 2.00 bits per heavy atom. The van der Waals surface area contributed by atoms with Gasteiger partial charge >= 0.3 is 0 Å². The van der Waals surface area contributed by atoms with Crippen LogP contribution in [0.5, 0.6) is 0 Å². The summed E-state index contributed by atoms with van der Waals surface area (Å²) in [5.74, 6) is -0.782. The molecule has 1 amide bonds. The number of aromatic nitrogens is 1. The van der Waals surface area contributed by atoms with Gasteiger partial charge in [-0.2, -0.15) is 0 Å². The summed E-state index contributed by atoms with van der Waals surface area (Å²) in [6.07, 6.45) is 0. The summed E-state index contributed by atoms with van der Waals surface area (Å²) in [5.41, 5.74) is 6.59. The largest absolute Gasteiger partial charge is 0.365 e. The molecule has 0 bridgehead atoms. The molecule has 82 valence electrons. The number of aryl methyl sites for hydroxylation is 1. The van der Waals surface area contributed by atoms with E-state index in [4.69, 9.17) is 5.73 Å². The number of hydrogen-bond acceptors (Lipinski definition) is 3. The summed E-state index contributed by atoms with van der Waals surface area (Å²) in [5, 5.41) is 0.673. The SMILES string of the molecule is Cc1nc(-c2ccc(F)cc2)sc1C(N)=O. The Hall–Kier alpha value is -1.75. The Morgan fingerprint density at radius 1 is 1.38 bits per heavy atom. The van der Waals surface area contributed by atoms with Crippen molar-refractivity contribution in [2.75, 3.05) is 0 Å². The maximum absolute atomic E-state index is 12.7. The highest BCUT2D eigenvalue weighted by Gasteiger charge is 2.13. The molecule has 1 aromatic heterocycles. The average Bonchev–Trinajstić information content (AvgIpc) is 2.61. The predicted molar refractivity (Wildman–Crippen MR) is 60.8 cm³/mol. The number of carbonyl (C=O) groups is 1. The molecule has 2 N–H and O–H groups in total. The lowest BCUT2D eigenvalue weighted by Gasteiger charge is -1.94. The molecule has 1 heterocycles. The van der Waals surface area contributed by atoms with Gasteiger partial charge in [-0.25, -0.2) is 9.37 Å². The van der Waals surface area contributed by atoms with Crippen LogP contribution in [-0.2, 0) is 0 Å². The monoisotopic (exact) mass is 236 g/mol. The number of primary amides is 1. The minimum Gasteiger partial charge on any atom is -0.365 e. The van der Waals surface area contributed by atoms with E-state index >= 15 is 0 Å². The molecule has 0 radical (unpaired) electrons. The molecule has 0 fully saturated rings. The lowest BCUT2D eigenvalue weighted by molar-refractivity contribution is 0.100. The van der Waals surface area contributed by atoms with E-state index in [1.807, 2.05) is 0 Å². The molecular weight excluding hydrogens is 227 g/mol. The van der Waals surface area contributed by atoms with Crippen LogP contribution in [-0.4, -0.2) is 10.9 Å². The third-order valence-corrected chi connectivity index (χ3v) is 3.33. The predicted octanol–water partition coefficient (Wildman–Crippen LogP) is 2.36. The van der Waals surface area contributed by atoms with Crippen molar-refractivity contribution in [3.63, 3.8) is 0 Å². The van der Waals surface area contributed by atoms with Gasteiger partial charge in [0.2, 0.25) is 0 Å². The molecule has 2 rings (SSSR count). The summed E-state index contributed by atoms with van der Waals surface area (Å²) in [4.78, 5) is 15.7. The van der Waals surface area contributed by atoms with Gasteiger partial charge in [0.25, 0.3) is 5.91 Å². The fourth-order valence-electron chi connectivity index (χ4n) is 1.34. The molecule has 0 aliphatic rings. The summed E-state index contributed by atoms with van der Waals surface area (Å²) in [6.45, 7) is 1.73. The fraction of sp³-hybridized carbons (Fsp3) is 0.0909. The van der Waals surface area contributed by atoms with E-state index in [1.54, 1.807) is 19.1 Å². The maximum atomic E-state index is 12.7. The number of carbonyl (C=O) groups excluding carboxylic acids is 1. The first-order valence-corrected chi connectivity index (χ1v) is 5.43. The number of amides is 1. The molecule has 0 saturated carbocycles. The number of rotatable bonds is 2.